The topological polar surface area (TPSA) is 0 Å². The Morgan fingerprint density at radius 3 is 1.06 bits per heavy atom. The largest absolute Gasteiger partial charge is 0.0894 e. The Kier molecular flexibility index (Phi) is 7.29. The lowest BCUT2D eigenvalue weighted by Crippen LogP contribution is -1.83. The van der Waals surface area contributed by atoms with Crippen molar-refractivity contribution in [3.8, 4) is 0 Å². The lowest BCUT2D eigenvalue weighted by molar-refractivity contribution is 1.41. The third-order valence-corrected chi connectivity index (χ3v) is 10.4. The second kappa shape index (κ2) is 11.1. The molecule has 0 unspecified atom stereocenters. The molecule has 0 aliphatic heterocycles. The van der Waals surface area contributed by atoms with Crippen LogP contribution in [0.3, 0.4) is 0 Å². The van der Waals surface area contributed by atoms with Gasteiger partial charge in [0.05, 0.1) is 0 Å². The predicted octanol–water partition coefficient (Wildman–Crippen LogP) is 11.1. The first-order chi connectivity index (χ1) is 17.8. The molecule has 0 spiro atoms. The zero-order valence-corrected chi connectivity index (χ0v) is 22.6. The molecule has 0 N–H and O–H groups in total. The van der Waals surface area contributed by atoms with E-state index in [0.29, 0.717) is 0 Å². The Balaban J connectivity index is 1.36. The van der Waals surface area contributed by atoms with Gasteiger partial charge in [-0.15, -0.1) is 0 Å². The van der Waals surface area contributed by atoms with E-state index in [0.717, 1.165) is 0 Å². The van der Waals surface area contributed by atoms with Crippen LogP contribution in [0.2, 0.25) is 0 Å². The summed E-state index contributed by atoms with van der Waals surface area (Å²) in [5.41, 5.74) is 0. The zero-order valence-electron chi connectivity index (χ0n) is 19.3. The highest BCUT2D eigenvalue weighted by Gasteiger charge is 2.12. The van der Waals surface area contributed by atoms with Crippen molar-refractivity contribution in [1.82, 2.24) is 0 Å². The maximum Gasteiger partial charge on any atom is 0.0276 e. The first-order valence-corrected chi connectivity index (χ1v) is 15.5. The average Bonchev–Trinajstić information content (AvgIpc) is 2.93. The molecule has 0 saturated carbocycles. The van der Waals surface area contributed by atoms with Gasteiger partial charge in [0.25, 0.3) is 0 Å². The van der Waals surface area contributed by atoms with Gasteiger partial charge in [-0.1, -0.05) is 130 Å². The minimum atomic E-state index is 1.26. The van der Waals surface area contributed by atoms with Crippen LogP contribution in [0, 0.1) is 0 Å². The van der Waals surface area contributed by atoms with E-state index in [1.807, 2.05) is 45.1 Å². The lowest BCUT2D eigenvalue weighted by atomic mass is 10.1. The summed E-state index contributed by atoms with van der Waals surface area (Å²) in [6, 6.07) is 47.7. The van der Waals surface area contributed by atoms with Crippen LogP contribution in [0.1, 0.15) is 0 Å². The van der Waals surface area contributed by atoms with E-state index in [1.54, 1.807) is 0 Å². The van der Waals surface area contributed by atoms with Crippen molar-refractivity contribution < 1.29 is 0 Å². The summed E-state index contributed by atoms with van der Waals surface area (Å²) >= 11 is 3.67. The van der Waals surface area contributed by atoms with Crippen LogP contribution in [0.15, 0.2) is 163 Å². The monoisotopic (exact) mass is 534 g/mol. The van der Waals surface area contributed by atoms with Crippen LogP contribution >= 0.6 is 45.1 Å². The van der Waals surface area contributed by atoms with E-state index < -0.39 is 0 Å². The number of fused-ring (bicyclic) bond motifs is 2. The Morgan fingerprint density at radius 2 is 0.667 bits per heavy atom. The smallest absolute Gasteiger partial charge is 0.0276 e. The molecule has 0 saturated heterocycles. The minimum absolute atomic E-state index is 1.26. The van der Waals surface area contributed by atoms with E-state index in [2.05, 4.69) is 133 Å². The van der Waals surface area contributed by atoms with Gasteiger partial charge in [0, 0.05) is 40.1 Å². The standard InChI is InChI=1S/C32H22S4/c1-3-15-25(16-4-1)33-27-19-7-11-23-13-9-21-29(31(23)27)35-36-30-22-10-14-24-12-8-20-28(32(24)30)34-26-17-5-2-6-18-26/h1-22H. The van der Waals surface area contributed by atoms with Crippen molar-refractivity contribution in [2.75, 3.05) is 0 Å². The quantitative estimate of drug-likeness (QED) is 0.187. The molecule has 0 aromatic heterocycles. The summed E-state index contributed by atoms with van der Waals surface area (Å²) in [6.45, 7) is 0. The molecule has 0 heterocycles. The Bertz CT molecular complexity index is 1490. The summed E-state index contributed by atoms with van der Waals surface area (Å²) in [5, 5.41) is 5.20. The highest BCUT2D eigenvalue weighted by Crippen LogP contribution is 2.47. The molecule has 36 heavy (non-hydrogen) atoms. The molecule has 4 heteroatoms. The van der Waals surface area contributed by atoms with Crippen molar-refractivity contribution in [3.63, 3.8) is 0 Å². The lowest BCUT2D eigenvalue weighted by Gasteiger charge is -2.13. The van der Waals surface area contributed by atoms with Crippen LogP contribution < -0.4 is 0 Å². The molecule has 6 rings (SSSR count). The van der Waals surface area contributed by atoms with Crippen molar-refractivity contribution in [3.05, 3.63) is 133 Å². The van der Waals surface area contributed by atoms with Crippen molar-refractivity contribution in [2.45, 2.75) is 29.4 Å². The van der Waals surface area contributed by atoms with E-state index in [1.165, 1.54) is 50.9 Å². The molecule has 0 atom stereocenters. The number of hydrogen-bond acceptors (Lipinski definition) is 4. The highest BCUT2D eigenvalue weighted by atomic mass is 33.1. The fraction of sp³-hybridized carbons (Fsp3) is 0. The van der Waals surface area contributed by atoms with Crippen molar-refractivity contribution >= 4 is 66.7 Å². The van der Waals surface area contributed by atoms with E-state index in [-0.39, 0.29) is 0 Å². The van der Waals surface area contributed by atoms with Crippen LogP contribution in [-0.4, -0.2) is 0 Å². The Morgan fingerprint density at radius 1 is 0.306 bits per heavy atom. The van der Waals surface area contributed by atoms with E-state index in [9.17, 15) is 0 Å². The number of rotatable bonds is 7. The molecule has 0 nitrogen and oxygen atoms in total. The fourth-order valence-electron chi connectivity index (χ4n) is 4.18. The van der Waals surface area contributed by atoms with Gasteiger partial charge in [-0.25, -0.2) is 0 Å². The third kappa shape index (κ3) is 5.18. The zero-order chi connectivity index (χ0) is 24.2. The van der Waals surface area contributed by atoms with Gasteiger partial charge in [0.15, 0.2) is 0 Å². The second-order valence-electron chi connectivity index (χ2n) is 8.22. The Labute approximate surface area is 228 Å². The summed E-state index contributed by atoms with van der Waals surface area (Å²) in [7, 11) is 3.70. The molecular weight excluding hydrogens is 513 g/mol. The first kappa shape index (κ1) is 23.6. The fourth-order valence-corrected chi connectivity index (χ4v) is 8.79. The molecular formula is C32H22S4. The van der Waals surface area contributed by atoms with Gasteiger partial charge in [-0.05, 0) is 59.3 Å². The molecule has 6 aromatic rings. The SMILES string of the molecule is c1ccc(Sc2cccc3cccc(SSc4cccc5cccc(Sc6ccccc6)c45)c23)cc1. The molecule has 0 aliphatic carbocycles. The molecule has 0 bridgehead atoms. The normalized spacial score (nSPS) is 11.2. The maximum absolute atomic E-state index is 2.25. The molecule has 174 valence electrons. The maximum atomic E-state index is 2.25. The van der Waals surface area contributed by atoms with E-state index in [4.69, 9.17) is 0 Å². The van der Waals surface area contributed by atoms with Gasteiger partial charge < -0.3 is 0 Å². The molecule has 0 fully saturated rings. The molecule has 0 aliphatic rings. The van der Waals surface area contributed by atoms with E-state index >= 15 is 0 Å². The summed E-state index contributed by atoms with van der Waals surface area (Å²) in [6.07, 6.45) is 0. The molecule has 0 radical (unpaired) electrons. The highest BCUT2D eigenvalue weighted by molar-refractivity contribution is 8.76. The summed E-state index contributed by atoms with van der Waals surface area (Å²) in [4.78, 5) is 7.69. The van der Waals surface area contributed by atoms with Crippen LogP contribution in [0.5, 0.6) is 0 Å². The second-order valence-corrected chi connectivity index (χ2v) is 12.7. The predicted molar refractivity (Wildman–Crippen MR) is 161 cm³/mol. The minimum Gasteiger partial charge on any atom is -0.0894 e. The number of benzene rings is 6. The van der Waals surface area contributed by atoms with Gasteiger partial charge in [-0.3, -0.25) is 0 Å². The van der Waals surface area contributed by atoms with Gasteiger partial charge in [-0.2, -0.15) is 0 Å². The van der Waals surface area contributed by atoms with Gasteiger partial charge >= 0.3 is 0 Å². The van der Waals surface area contributed by atoms with Crippen molar-refractivity contribution in [2.24, 2.45) is 0 Å². The summed E-state index contributed by atoms with van der Waals surface area (Å²) in [5.74, 6) is 0. The Hall–Kier alpha value is -2.76. The number of hydrogen-bond donors (Lipinski definition) is 0. The van der Waals surface area contributed by atoms with Crippen LogP contribution in [-0.2, 0) is 0 Å². The van der Waals surface area contributed by atoms with Crippen LogP contribution in [0.4, 0.5) is 0 Å². The van der Waals surface area contributed by atoms with Crippen LogP contribution in [0.25, 0.3) is 21.5 Å². The summed E-state index contributed by atoms with van der Waals surface area (Å²) < 4.78 is 0. The third-order valence-electron chi connectivity index (χ3n) is 5.82. The van der Waals surface area contributed by atoms with Gasteiger partial charge in [0.2, 0.25) is 0 Å². The molecule has 6 aromatic carbocycles. The first-order valence-electron chi connectivity index (χ1n) is 11.7. The van der Waals surface area contributed by atoms with Gasteiger partial charge in [0.1, 0.15) is 0 Å². The molecule has 0 amide bonds. The average molecular weight is 535 g/mol. The van der Waals surface area contributed by atoms with Crippen molar-refractivity contribution in [1.29, 1.82) is 0 Å².